The molecule has 0 unspecified atom stereocenters. The molecule has 0 aromatic rings. The summed E-state index contributed by atoms with van der Waals surface area (Å²) in [5, 5.41) is 172. The van der Waals surface area contributed by atoms with E-state index < -0.39 is 190 Å². The van der Waals surface area contributed by atoms with Crippen molar-refractivity contribution in [1.82, 2.24) is 0 Å². The van der Waals surface area contributed by atoms with Gasteiger partial charge >= 0.3 is 0 Å². The van der Waals surface area contributed by atoms with Gasteiger partial charge in [0, 0.05) is 18.8 Å². The molecule has 16 N–H and O–H groups in total. The fourth-order valence-corrected chi connectivity index (χ4v) is 17.0. The van der Waals surface area contributed by atoms with Crippen LogP contribution in [0.5, 0.6) is 0 Å². The van der Waals surface area contributed by atoms with Crippen LogP contribution in [0, 0.1) is 46.3 Å². The summed E-state index contributed by atoms with van der Waals surface area (Å²) in [6, 6.07) is 0. The lowest BCUT2D eigenvalue weighted by molar-refractivity contribution is -0.371. The maximum Gasteiger partial charge on any atom is 0.187 e. The van der Waals surface area contributed by atoms with Crippen molar-refractivity contribution >= 4 is 0 Å². The third-order valence-corrected chi connectivity index (χ3v) is 21.9. The highest BCUT2D eigenvalue weighted by Crippen LogP contribution is 2.71. The average molecular weight is 1210 g/mol. The van der Waals surface area contributed by atoms with Crippen molar-refractivity contribution in [3.8, 4) is 0 Å². The minimum atomic E-state index is -1.78. The Kier molecular flexibility index (Phi) is 19.8. The van der Waals surface area contributed by atoms with Crippen molar-refractivity contribution in [1.29, 1.82) is 0 Å². The van der Waals surface area contributed by atoms with Crippen LogP contribution in [0.25, 0.3) is 0 Å². The van der Waals surface area contributed by atoms with Crippen LogP contribution in [-0.2, 0) is 52.1 Å². The molecule has 10 rings (SSSR count). The SMILES string of the molecule is C=C(CC[C@@]1(O)O[C@H]2C[C@H]3[C@@H]4CC[C@@H]5C[C@@H](O[C@@H]6O[C@H](C)[C@H](O[C@@H]7O[C@H](CO)[C@@H](O)[C@H](O)[C@H]7O)[C@@H](O)[C@H]6O)C[C@@H](O[C@@H]6O[C@H](C)[C@@H](O[C@@H]7O[C@H](C)[C@H](O)[C@@H](O)[C@H]7O)[C@@H](O)[C@H]6O)[C@]5(C)[C@H]4CC[C@]3(C)[C@H]2[C@@H]1C)CO[C@@H]1O[C@H](CO)[C@H](O)[C@H](O)[C@H]1O. The van der Waals surface area contributed by atoms with Crippen molar-refractivity contribution in [2.24, 2.45) is 46.3 Å². The largest absolute Gasteiger partial charge is 0.394 e. The summed E-state index contributed by atoms with van der Waals surface area (Å²) in [7, 11) is 0. The van der Waals surface area contributed by atoms with Gasteiger partial charge in [-0.05, 0) is 106 Å². The molecule has 0 aromatic heterocycles. The lowest BCUT2D eigenvalue weighted by Gasteiger charge is -2.63. The van der Waals surface area contributed by atoms with Gasteiger partial charge in [-0.3, -0.25) is 0 Å². The molecule has 0 bridgehead atoms. The van der Waals surface area contributed by atoms with Gasteiger partial charge in [-0.15, -0.1) is 0 Å². The van der Waals surface area contributed by atoms with Crippen molar-refractivity contribution in [3.63, 3.8) is 0 Å². The summed E-state index contributed by atoms with van der Waals surface area (Å²) in [6.07, 6.45) is -33.3. The maximum atomic E-state index is 12.3. The van der Waals surface area contributed by atoms with Crippen molar-refractivity contribution in [3.05, 3.63) is 12.2 Å². The van der Waals surface area contributed by atoms with Gasteiger partial charge in [0.2, 0.25) is 0 Å². The van der Waals surface area contributed by atoms with Gasteiger partial charge in [0.15, 0.2) is 37.2 Å². The molecule has 6 saturated heterocycles. The van der Waals surface area contributed by atoms with E-state index in [0.29, 0.717) is 24.8 Å². The molecule has 484 valence electrons. The standard InChI is InChI=1S/C57H94O27/c1-20(19-74-50-43(68)39(64)36(61)31(17-58)79-50)10-13-57(73)21(2)34-30(84-57)16-29-27-9-8-25-14-26(78-51-46(71)41(66)49(23(4)76-51)83-54-45(70)40(65)37(62)32(18-59)80-54)15-33(56(25,7)28(27)11-12-55(29,34)6)81-52-47(72)42(67)48(24(5)77-52)82-53-44(69)38(63)35(60)22(3)75-53/h21-54,58-73H,1,8-19H2,2-7H3/t21-,22+,23+,24+,25+,26+,27+,28-,29-,30-,31+,32+,33+,34-,35-,36-,37+,38+,39-,40-,41-,42-,43+,44+,45+,46+,47+,48+,49-,50+,51-,52-,53-,54-,55-,56-,57+/m0/s1. The highest BCUT2D eigenvalue weighted by molar-refractivity contribution is 5.17. The number of hydrogen-bond donors (Lipinski definition) is 16. The smallest absolute Gasteiger partial charge is 0.187 e. The van der Waals surface area contributed by atoms with Gasteiger partial charge in [-0.2, -0.15) is 0 Å². The van der Waals surface area contributed by atoms with E-state index in [1.807, 2.05) is 6.92 Å². The van der Waals surface area contributed by atoms with Crippen LogP contribution in [-0.4, -0.2) is 279 Å². The van der Waals surface area contributed by atoms with Crippen molar-refractivity contribution in [2.75, 3.05) is 19.8 Å². The fourth-order valence-electron chi connectivity index (χ4n) is 17.0. The molecule has 4 saturated carbocycles. The first-order chi connectivity index (χ1) is 39.6. The zero-order chi connectivity index (χ0) is 61.0. The van der Waals surface area contributed by atoms with E-state index in [0.717, 1.165) is 25.7 Å². The van der Waals surface area contributed by atoms with Gasteiger partial charge < -0.3 is 134 Å². The van der Waals surface area contributed by atoms with Gasteiger partial charge in [-0.25, -0.2) is 0 Å². The molecule has 0 spiro atoms. The Hall–Kier alpha value is -1.34. The van der Waals surface area contributed by atoms with Crippen molar-refractivity contribution < 1.29 is 134 Å². The Labute approximate surface area is 487 Å². The van der Waals surface area contributed by atoms with E-state index in [2.05, 4.69) is 20.4 Å². The molecule has 6 heterocycles. The third-order valence-electron chi connectivity index (χ3n) is 21.9. The van der Waals surface area contributed by atoms with Gasteiger partial charge in [0.25, 0.3) is 0 Å². The van der Waals surface area contributed by atoms with E-state index in [9.17, 15) is 81.7 Å². The van der Waals surface area contributed by atoms with Crippen LogP contribution in [0.2, 0.25) is 0 Å². The second-order valence-corrected chi connectivity index (χ2v) is 26.7. The Morgan fingerprint density at radius 1 is 0.524 bits per heavy atom. The predicted molar refractivity (Wildman–Crippen MR) is 281 cm³/mol. The first kappa shape index (κ1) is 65.6. The van der Waals surface area contributed by atoms with Gasteiger partial charge in [0.1, 0.15) is 104 Å². The van der Waals surface area contributed by atoms with Crippen LogP contribution in [0.1, 0.15) is 99.3 Å². The quantitative estimate of drug-likeness (QED) is 0.0515. The molecule has 10 fully saturated rings. The number of aliphatic hydroxyl groups is 16. The molecule has 6 aliphatic heterocycles. The van der Waals surface area contributed by atoms with Crippen LogP contribution >= 0.6 is 0 Å². The zero-order valence-electron chi connectivity index (χ0n) is 48.5. The predicted octanol–water partition coefficient (Wildman–Crippen LogP) is -4.16. The van der Waals surface area contributed by atoms with E-state index >= 15 is 0 Å². The number of ether oxygens (including phenoxy) is 11. The summed E-state index contributed by atoms with van der Waals surface area (Å²) >= 11 is 0. The molecule has 27 nitrogen and oxygen atoms in total. The Morgan fingerprint density at radius 2 is 1.02 bits per heavy atom. The Morgan fingerprint density at radius 3 is 1.61 bits per heavy atom. The first-order valence-corrected chi connectivity index (χ1v) is 30.2. The summed E-state index contributed by atoms with van der Waals surface area (Å²) in [5.41, 5.74) is -0.293. The number of fused-ring (bicyclic) bond motifs is 7. The first-order valence-electron chi connectivity index (χ1n) is 30.2. The molecule has 27 heteroatoms. The number of rotatable bonds is 16. The monoisotopic (exact) mass is 1210 g/mol. The summed E-state index contributed by atoms with van der Waals surface area (Å²) in [4.78, 5) is 0. The Balaban J connectivity index is 0.838. The molecule has 37 atom stereocenters. The van der Waals surface area contributed by atoms with Crippen LogP contribution in [0.3, 0.4) is 0 Å². The molecule has 0 aromatic carbocycles. The van der Waals surface area contributed by atoms with Crippen LogP contribution < -0.4 is 0 Å². The van der Waals surface area contributed by atoms with Gasteiger partial charge in [-0.1, -0.05) is 32.9 Å². The third kappa shape index (κ3) is 11.6. The lowest BCUT2D eigenvalue weighted by atomic mass is 9.43. The van der Waals surface area contributed by atoms with Crippen molar-refractivity contribution in [2.45, 2.75) is 277 Å². The molecular weight excluding hydrogens is 1120 g/mol. The van der Waals surface area contributed by atoms with Crippen LogP contribution in [0.4, 0.5) is 0 Å². The number of hydrogen-bond acceptors (Lipinski definition) is 27. The van der Waals surface area contributed by atoms with E-state index in [-0.39, 0.29) is 66.5 Å². The van der Waals surface area contributed by atoms with E-state index in [4.69, 9.17) is 52.1 Å². The summed E-state index contributed by atoms with van der Waals surface area (Å²) in [6.45, 7) is 13.9. The zero-order valence-corrected chi connectivity index (χ0v) is 48.5. The topological polar surface area (TPSA) is 425 Å². The van der Waals surface area contributed by atoms with E-state index in [1.165, 1.54) is 6.92 Å². The number of aliphatic hydroxyl groups excluding tert-OH is 15. The molecule has 4 aliphatic carbocycles. The highest BCUT2D eigenvalue weighted by Gasteiger charge is 2.70. The second-order valence-electron chi connectivity index (χ2n) is 26.7. The minimum Gasteiger partial charge on any atom is -0.394 e. The molecule has 10 aliphatic rings. The normalized spacial score (nSPS) is 56.7. The Bertz CT molecular complexity index is 2220. The molecule has 0 radical (unpaired) electrons. The highest BCUT2D eigenvalue weighted by atomic mass is 16.8. The minimum absolute atomic E-state index is 0.00347. The second kappa shape index (κ2) is 25.4. The van der Waals surface area contributed by atoms with Gasteiger partial charge in [0.05, 0.1) is 56.4 Å². The molecule has 84 heavy (non-hydrogen) atoms. The fraction of sp³-hybridized carbons (Fsp3) is 0.965. The summed E-state index contributed by atoms with van der Waals surface area (Å²) < 4.78 is 67.2. The molecule has 0 amide bonds. The van der Waals surface area contributed by atoms with Crippen LogP contribution in [0.15, 0.2) is 12.2 Å². The lowest BCUT2D eigenvalue weighted by Crippen LogP contribution is -2.65. The van der Waals surface area contributed by atoms with E-state index in [1.54, 1.807) is 13.8 Å². The molecular formula is C57H94O27. The summed E-state index contributed by atoms with van der Waals surface area (Å²) in [5.74, 6) is -1.47. The average Bonchev–Trinajstić information content (AvgIpc) is 3.35. The maximum absolute atomic E-state index is 12.3.